The van der Waals surface area contributed by atoms with Crippen LogP contribution in [0.25, 0.3) is 0 Å². The molecule has 0 spiro atoms. The number of benzene rings is 1. The van der Waals surface area contributed by atoms with Crippen LogP contribution in [0.1, 0.15) is 32.3 Å². The third-order valence-electron chi connectivity index (χ3n) is 4.07. The van der Waals surface area contributed by atoms with Gasteiger partial charge in [0.1, 0.15) is 18.0 Å². The van der Waals surface area contributed by atoms with Crippen molar-refractivity contribution in [2.75, 3.05) is 20.0 Å². The summed E-state index contributed by atoms with van der Waals surface area (Å²) in [5.41, 5.74) is 0.853. The third kappa shape index (κ3) is 7.10. The fourth-order valence-corrected chi connectivity index (χ4v) is 3.49. The number of amides is 1. The average Bonchev–Trinajstić information content (AvgIpc) is 2.95. The van der Waals surface area contributed by atoms with Crippen LogP contribution in [-0.4, -0.2) is 52.3 Å². The second-order valence-corrected chi connectivity index (χ2v) is 8.43. The predicted octanol–water partition coefficient (Wildman–Crippen LogP) is 1.59. The Balaban J connectivity index is 1.90. The number of nitrogens with one attached hydrogen (secondary N) is 1. The van der Waals surface area contributed by atoms with Crippen LogP contribution < -0.4 is 10.1 Å². The van der Waals surface area contributed by atoms with Crippen LogP contribution in [0, 0.1) is 0 Å². The van der Waals surface area contributed by atoms with Gasteiger partial charge in [-0.3, -0.25) is 8.98 Å². The van der Waals surface area contributed by atoms with E-state index in [9.17, 15) is 13.2 Å². The van der Waals surface area contributed by atoms with E-state index in [4.69, 9.17) is 18.4 Å². The van der Waals surface area contributed by atoms with Crippen LogP contribution >= 0.6 is 0 Å². The normalized spacial score (nSPS) is 20.2. The molecule has 1 aromatic carbocycles. The van der Waals surface area contributed by atoms with Crippen molar-refractivity contribution in [3.8, 4) is 5.75 Å². The second kappa shape index (κ2) is 9.01. The average molecular weight is 401 g/mol. The molecule has 1 aromatic rings. The van der Waals surface area contributed by atoms with Crippen LogP contribution in [0.3, 0.4) is 0 Å². The van der Waals surface area contributed by atoms with Crippen molar-refractivity contribution >= 4 is 16.0 Å². The summed E-state index contributed by atoms with van der Waals surface area (Å²) in [6.07, 6.45) is -0.0942. The minimum absolute atomic E-state index is 0.0929. The van der Waals surface area contributed by atoms with Crippen LogP contribution in [0.5, 0.6) is 5.75 Å². The standard InChI is InChI=1S/C18H27NO7S/c1-18(2)24-12-16(25-18)15(26-27(4,21)22)9-10-17(20)19-11-13-7-5-6-8-14(13)23-3/h5-8,15-16H,9-12H2,1-4H3,(H,19,20)/t15-,16+/m1/s1. The molecule has 1 N–H and O–H groups in total. The highest BCUT2D eigenvalue weighted by Crippen LogP contribution is 2.27. The lowest BCUT2D eigenvalue weighted by atomic mass is 10.1. The Bertz CT molecular complexity index is 748. The maximum atomic E-state index is 12.2. The van der Waals surface area contributed by atoms with Crippen molar-refractivity contribution in [2.24, 2.45) is 0 Å². The minimum atomic E-state index is -3.69. The van der Waals surface area contributed by atoms with E-state index in [-0.39, 0.29) is 25.4 Å². The zero-order chi connectivity index (χ0) is 20.1. The van der Waals surface area contributed by atoms with Crippen molar-refractivity contribution in [3.63, 3.8) is 0 Å². The van der Waals surface area contributed by atoms with E-state index >= 15 is 0 Å². The van der Waals surface area contributed by atoms with Crippen molar-refractivity contribution in [1.29, 1.82) is 0 Å². The van der Waals surface area contributed by atoms with Gasteiger partial charge in [0.15, 0.2) is 5.79 Å². The quantitative estimate of drug-likeness (QED) is 0.627. The van der Waals surface area contributed by atoms with Crippen molar-refractivity contribution in [1.82, 2.24) is 5.32 Å². The Morgan fingerprint density at radius 1 is 1.37 bits per heavy atom. The number of carbonyl (C=O) groups is 1. The van der Waals surface area contributed by atoms with Crippen LogP contribution in [-0.2, 0) is 35.1 Å². The highest BCUT2D eigenvalue weighted by Gasteiger charge is 2.39. The summed E-state index contributed by atoms with van der Waals surface area (Å²) in [5, 5.41) is 2.80. The van der Waals surface area contributed by atoms with Gasteiger partial charge in [-0.1, -0.05) is 18.2 Å². The Morgan fingerprint density at radius 2 is 2.07 bits per heavy atom. The molecule has 0 radical (unpaired) electrons. The SMILES string of the molecule is COc1ccccc1CNC(=O)CC[C@@H](OS(C)(=O)=O)[C@@H]1COC(C)(C)O1. The number of para-hydroxylation sites is 1. The third-order valence-corrected chi connectivity index (χ3v) is 4.66. The predicted molar refractivity (Wildman–Crippen MR) is 98.7 cm³/mol. The summed E-state index contributed by atoms with van der Waals surface area (Å²) < 4.78 is 44.6. The number of carbonyl (C=O) groups excluding carboxylic acids is 1. The van der Waals surface area contributed by atoms with Crippen molar-refractivity contribution < 1.29 is 31.6 Å². The van der Waals surface area contributed by atoms with Gasteiger partial charge in [0, 0.05) is 18.5 Å². The van der Waals surface area contributed by atoms with Gasteiger partial charge in [-0.15, -0.1) is 0 Å². The Hall–Kier alpha value is -1.68. The highest BCUT2D eigenvalue weighted by atomic mass is 32.2. The number of rotatable bonds is 9. The van der Waals surface area contributed by atoms with E-state index in [1.807, 2.05) is 24.3 Å². The first kappa shape index (κ1) is 21.6. The molecular formula is C18H27NO7S. The van der Waals surface area contributed by atoms with Gasteiger partial charge in [-0.2, -0.15) is 8.42 Å². The van der Waals surface area contributed by atoms with E-state index in [0.29, 0.717) is 12.3 Å². The molecule has 27 heavy (non-hydrogen) atoms. The molecule has 1 amide bonds. The molecule has 0 bridgehead atoms. The van der Waals surface area contributed by atoms with Gasteiger partial charge in [-0.25, -0.2) is 0 Å². The van der Waals surface area contributed by atoms with Crippen LogP contribution in [0.15, 0.2) is 24.3 Å². The molecule has 0 saturated carbocycles. The summed E-state index contributed by atoms with van der Waals surface area (Å²) in [4.78, 5) is 12.2. The molecule has 152 valence electrons. The summed E-state index contributed by atoms with van der Waals surface area (Å²) in [5.74, 6) is -0.341. The zero-order valence-corrected chi connectivity index (χ0v) is 16.9. The number of hydrogen-bond donors (Lipinski definition) is 1. The van der Waals surface area contributed by atoms with Gasteiger partial charge in [0.2, 0.25) is 5.91 Å². The molecule has 2 rings (SSSR count). The lowest BCUT2D eigenvalue weighted by Crippen LogP contribution is -2.36. The fourth-order valence-electron chi connectivity index (χ4n) is 2.82. The van der Waals surface area contributed by atoms with Gasteiger partial charge in [0.25, 0.3) is 10.1 Å². The number of methoxy groups -OCH3 is 1. The monoisotopic (exact) mass is 401 g/mol. The molecule has 1 heterocycles. The van der Waals surface area contributed by atoms with E-state index in [0.717, 1.165) is 11.8 Å². The summed E-state index contributed by atoms with van der Waals surface area (Å²) in [7, 11) is -2.13. The van der Waals surface area contributed by atoms with Gasteiger partial charge >= 0.3 is 0 Å². The Labute approximate surface area is 160 Å². The largest absolute Gasteiger partial charge is 0.496 e. The zero-order valence-electron chi connectivity index (χ0n) is 16.1. The first-order valence-electron chi connectivity index (χ1n) is 8.68. The second-order valence-electron chi connectivity index (χ2n) is 6.83. The first-order valence-corrected chi connectivity index (χ1v) is 10.5. The van der Waals surface area contributed by atoms with E-state index in [1.165, 1.54) is 0 Å². The summed E-state index contributed by atoms with van der Waals surface area (Å²) in [6.45, 7) is 4.00. The molecule has 0 unspecified atom stereocenters. The maximum absolute atomic E-state index is 12.2. The lowest BCUT2D eigenvalue weighted by Gasteiger charge is -2.23. The van der Waals surface area contributed by atoms with Crippen molar-refractivity contribution in [3.05, 3.63) is 29.8 Å². The van der Waals surface area contributed by atoms with Gasteiger partial charge in [0.05, 0.1) is 20.0 Å². The molecule has 0 aromatic heterocycles. The highest BCUT2D eigenvalue weighted by molar-refractivity contribution is 7.86. The topological polar surface area (TPSA) is 100 Å². The van der Waals surface area contributed by atoms with E-state index in [2.05, 4.69) is 5.32 Å². The molecule has 9 heteroatoms. The van der Waals surface area contributed by atoms with Gasteiger partial charge in [-0.05, 0) is 26.3 Å². The molecule has 1 fully saturated rings. The summed E-state index contributed by atoms with van der Waals surface area (Å²) in [6, 6.07) is 7.39. The molecule has 8 nitrogen and oxygen atoms in total. The molecule has 1 aliphatic heterocycles. The number of hydrogen-bond acceptors (Lipinski definition) is 7. The molecular weight excluding hydrogens is 374 g/mol. The van der Waals surface area contributed by atoms with Crippen LogP contribution in [0.2, 0.25) is 0 Å². The molecule has 1 saturated heterocycles. The lowest BCUT2D eigenvalue weighted by molar-refractivity contribution is -0.149. The maximum Gasteiger partial charge on any atom is 0.264 e. The van der Waals surface area contributed by atoms with Crippen LogP contribution in [0.4, 0.5) is 0 Å². The molecule has 1 aliphatic rings. The van der Waals surface area contributed by atoms with Gasteiger partial charge < -0.3 is 19.5 Å². The fraction of sp³-hybridized carbons (Fsp3) is 0.611. The first-order chi connectivity index (χ1) is 12.6. The Morgan fingerprint density at radius 3 is 2.67 bits per heavy atom. The van der Waals surface area contributed by atoms with Crippen molar-refractivity contribution in [2.45, 2.75) is 51.2 Å². The van der Waals surface area contributed by atoms with E-state index < -0.39 is 28.1 Å². The Kier molecular flexibility index (Phi) is 7.21. The van der Waals surface area contributed by atoms with E-state index in [1.54, 1.807) is 21.0 Å². The minimum Gasteiger partial charge on any atom is -0.496 e. The summed E-state index contributed by atoms with van der Waals surface area (Å²) >= 11 is 0. The number of ether oxygens (including phenoxy) is 3. The molecule has 2 atom stereocenters. The smallest absolute Gasteiger partial charge is 0.264 e. The molecule has 0 aliphatic carbocycles.